The number of rotatable bonds is 8. The van der Waals surface area contributed by atoms with Gasteiger partial charge < -0.3 is 15.5 Å². The number of amides is 2. The maximum absolute atomic E-state index is 12.1. The molecule has 0 heterocycles. The molecule has 23 heavy (non-hydrogen) atoms. The third kappa shape index (κ3) is 6.07. The fraction of sp³-hybridized carbons (Fsp3) is 0.611. The minimum absolute atomic E-state index is 0.114. The third-order valence-electron chi connectivity index (χ3n) is 4.34. The lowest BCUT2D eigenvalue weighted by Gasteiger charge is -2.18. The number of benzene rings is 1. The Morgan fingerprint density at radius 2 is 1.91 bits per heavy atom. The molecule has 0 saturated heterocycles. The zero-order valence-corrected chi connectivity index (χ0v) is 15.1. The van der Waals surface area contributed by atoms with Crippen molar-refractivity contribution in [2.45, 2.75) is 49.7 Å². The van der Waals surface area contributed by atoms with Crippen molar-refractivity contribution in [1.82, 2.24) is 10.2 Å². The first kappa shape index (κ1) is 18.1. The number of para-hydroxylation sites is 1. The summed E-state index contributed by atoms with van der Waals surface area (Å²) in [5.41, 5.74) is 0.921. The molecular weight excluding hydrogens is 306 g/mol. The average molecular weight is 336 g/mol. The van der Waals surface area contributed by atoms with Crippen LogP contribution in [0.3, 0.4) is 0 Å². The highest BCUT2D eigenvalue weighted by molar-refractivity contribution is 8.00. The number of hydrogen-bond donors (Lipinski definition) is 2. The van der Waals surface area contributed by atoms with Crippen LogP contribution < -0.4 is 10.6 Å². The summed E-state index contributed by atoms with van der Waals surface area (Å²) in [4.78, 5) is 15.6. The number of carbonyl (C=O) groups is 1. The lowest BCUT2D eigenvalue weighted by molar-refractivity contribution is 0.247. The number of nitrogens with one attached hydrogen (secondary N) is 2. The molecule has 1 aromatic carbocycles. The lowest BCUT2D eigenvalue weighted by atomic mass is 10.3. The summed E-state index contributed by atoms with van der Waals surface area (Å²) in [6, 6.07) is 8.00. The topological polar surface area (TPSA) is 44.4 Å². The first-order valence-corrected chi connectivity index (χ1v) is 9.63. The number of carbonyl (C=O) groups excluding carboxylic acids is 1. The minimum Gasteiger partial charge on any atom is -0.337 e. The second-order valence-electron chi connectivity index (χ2n) is 5.93. The normalized spacial score (nSPS) is 15.1. The van der Waals surface area contributed by atoms with Crippen LogP contribution in [0.4, 0.5) is 10.5 Å². The predicted octanol–water partition coefficient (Wildman–Crippen LogP) is 4.18. The van der Waals surface area contributed by atoms with E-state index in [4.69, 9.17) is 0 Å². The maximum Gasteiger partial charge on any atom is 0.319 e. The first-order chi connectivity index (χ1) is 11.2. The molecule has 0 bridgehead atoms. The first-order valence-electron chi connectivity index (χ1n) is 8.75. The fourth-order valence-corrected chi connectivity index (χ4v) is 4.22. The molecule has 1 aliphatic rings. The van der Waals surface area contributed by atoms with E-state index in [1.807, 2.05) is 30.0 Å². The molecule has 4 nitrogen and oxygen atoms in total. The zero-order valence-electron chi connectivity index (χ0n) is 14.3. The summed E-state index contributed by atoms with van der Waals surface area (Å²) in [6.45, 7) is 7.87. The molecule has 0 aliphatic heterocycles. The molecule has 2 amide bonds. The molecule has 0 unspecified atom stereocenters. The molecule has 0 radical (unpaired) electrons. The standard InChI is InChI=1S/C18H29N3OS/c1-3-21(4-2)14-13-19-18(22)20-16-11-7-8-12-17(16)23-15-9-5-6-10-15/h7-8,11-12,15H,3-6,9-10,13-14H2,1-2H3,(H2,19,20,22). The van der Waals surface area contributed by atoms with Gasteiger partial charge in [0.2, 0.25) is 0 Å². The molecule has 1 saturated carbocycles. The van der Waals surface area contributed by atoms with Gasteiger partial charge in [-0.15, -0.1) is 11.8 Å². The van der Waals surface area contributed by atoms with Crippen molar-refractivity contribution < 1.29 is 4.79 Å². The summed E-state index contributed by atoms with van der Waals surface area (Å²) >= 11 is 1.91. The molecular formula is C18H29N3OS. The Kier molecular flexibility index (Phi) is 7.76. The van der Waals surface area contributed by atoms with Crippen LogP contribution in [0, 0.1) is 0 Å². The van der Waals surface area contributed by atoms with Gasteiger partial charge in [-0.05, 0) is 38.1 Å². The molecule has 128 valence electrons. The zero-order chi connectivity index (χ0) is 16.5. The summed E-state index contributed by atoms with van der Waals surface area (Å²) in [5, 5.41) is 6.65. The smallest absolute Gasteiger partial charge is 0.319 e. The second-order valence-corrected chi connectivity index (χ2v) is 7.27. The SMILES string of the molecule is CCN(CC)CCNC(=O)Nc1ccccc1SC1CCCC1. The van der Waals surface area contributed by atoms with Crippen molar-refractivity contribution in [3.63, 3.8) is 0 Å². The minimum atomic E-state index is -0.114. The van der Waals surface area contributed by atoms with Crippen molar-refractivity contribution in [1.29, 1.82) is 0 Å². The van der Waals surface area contributed by atoms with Gasteiger partial charge in [0.1, 0.15) is 0 Å². The summed E-state index contributed by atoms with van der Waals surface area (Å²) in [5.74, 6) is 0. The highest BCUT2D eigenvalue weighted by Gasteiger charge is 2.18. The van der Waals surface area contributed by atoms with E-state index >= 15 is 0 Å². The van der Waals surface area contributed by atoms with Gasteiger partial charge in [0, 0.05) is 23.2 Å². The molecule has 0 atom stereocenters. The maximum atomic E-state index is 12.1. The summed E-state index contributed by atoms with van der Waals surface area (Å²) in [7, 11) is 0. The number of hydrogen-bond acceptors (Lipinski definition) is 3. The Hall–Kier alpha value is -1.20. The Morgan fingerprint density at radius 3 is 2.61 bits per heavy atom. The van der Waals surface area contributed by atoms with Crippen molar-refractivity contribution in [3.05, 3.63) is 24.3 Å². The van der Waals surface area contributed by atoms with Gasteiger partial charge in [-0.25, -0.2) is 4.79 Å². The predicted molar refractivity (Wildman–Crippen MR) is 99.4 cm³/mol. The van der Waals surface area contributed by atoms with Crippen molar-refractivity contribution in [3.8, 4) is 0 Å². The van der Waals surface area contributed by atoms with Crippen LogP contribution in [-0.2, 0) is 0 Å². The number of urea groups is 1. The highest BCUT2D eigenvalue weighted by Crippen LogP contribution is 2.37. The highest BCUT2D eigenvalue weighted by atomic mass is 32.2. The van der Waals surface area contributed by atoms with Gasteiger partial charge in [0.25, 0.3) is 0 Å². The fourth-order valence-electron chi connectivity index (χ4n) is 2.89. The van der Waals surface area contributed by atoms with Crippen molar-refractivity contribution in [2.24, 2.45) is 0 Å². The molecule has 1 aromatic rings. The lowest BCUT2D eigenvalue weighted by Crippen LogP contribution is -2.37. The van der Waals surface area contributed by atoms with E-state index in [2.05, 4.69) is 35.4 Å². The quantitative estimate of drug-likeness (QED) is 0.749. The van der Waals surface area contributed by atoms with E-state index in [1.54, 1.807) is 0 Å². The monoisotopic (exact) mass is 335 g/mol. The Bertz CT molecular complexity index is 485. The van der Waals surface area contributed by atoms with Crippen LogP contribution in [0.1, 0.15) is 39.5 Å². The Labute approximate surface area is 144 Å². The van der Waals surface area contributed by atoms with Crippen LogP contribution >= 0.6 is 11.8 Å². The van der Waals surface area contributed by atoms with E-state index in [9.17, 15) is 4.79 Å². The van der Waals surface area contributed by atoms with E-state index in [0.717, 1.165) is 25.3 Å². The van der Waals surface area contributed by atoms with Crippen molar-refractivity contribution in [2.75, 3.05) is 31.5 Å². The third-order valence-corrected chi connectivity index (χ3v) is 5.75. The van der Waals surface area contributed by atoms with Crippen LogP contribution in [0.2, 0.25) is 0 Å². The van der Waals surface area contributed by atoms with Gasteiger partial charge in [0.15, 0.2) is 0 Å². The van der Waals surface area contributed by atoms with E-state index in [-0.39, 0.29) is 6.03 Å². The van der Waals surface area contributed by atoms with E-state index in [1.165, 1.54) is 30.6 Å². The van der Waals surface area contributed by atoms with Crippen LogP contribution in [0.25, 0.3) is 0 Å². The van der Waals surface area contributed by atoms with E-state index < -0.39 is 0 Å². The van der Waals surface area contributed by atoms with Crippen LogP contribution in [-0.4, -0.2) is 42.4 Å². The van der Waals surface area contributed by atoms with Gasteiger partial charge in [-0.1, -0.05) is 38.8 Å². The molecule has 2 N–H and O–H groups in total. The van der Waals surface area contributed by atoms with E-state index in [0.29, 0.717) is 11.8 Å². The van der Waals surface area contributed by atoms with Gasteiger partial charge in [0.05, 0.1) is 5.69 Å². The van der Waals surface area contributed by atoms with Crippen LogP contribution in [0.5, 0.6) is 0 Å². The number of likely N-dealkylation sites (N-methyl/N-ethyl adjacent to an activating group) is 1. The number of nitrogens with zero attached hydrogens (tertiary/aromatic N) is 1. The van der Waals surface area contributed by atoms with Crippen LogP contribution in [0.15, 0.2) is 29.2 Å². The molecule has 1 aliphatic carbocycles. The van der Waals surface area contributed by atoms with Crippen molar-refractivity contribution >= 4 is 23.5 Å². The summed E-state index contributed by atoms with van der Waals surface area (Å²) < 4.78 is 0. The molecule has 2 rings (SSSR count). The molecule has 1 fully saturated rings. The largest absolute Gasteiger partial charge is 0.337 e. The average Bonchev–Trinajstić information content (AvgIpc) is 3.06. The second kappa shape index (κ2) is 9.83. The van der Waals surface area contributed by atoms with Gasteiger partial charge in [-0.3, -0.25) is 0 Å². The number of anilines is 1. The van der Waals surface area contributed by atoms with Gasteiger partial charge in [-0.2, -0.15) is 0 Å². The molecule has 0 aromatic heterocycles. The summed E-state index contributed by atoms with van der Waals surface area (Å²) in [6.07, 6.45) is 5.24. The number of thioether (sulfide) groups is 1. The molecule has 5 heteroatoms. The van der Waals surface area contributed by atoms with Gasteiger partial charge >= 0.3 is 6.03 Å². The Balaban J connectivity index is 1.82. The Morgan fingerprint density at radius 1 is 1.22 bits per heavy atom. The molecule has 0 spiro atoms.